The molecule has 0 radical (unpaired) electrons. The summed E-state index contributed by atoms with van der Waals surface area (Å²) in [5, 5.41) is 4.82. The van der Waals surface area contributed by atoms with Crippen LogP contribution in [0.5, 0.6) is 5.75 Å². The van der Waals surface area contributed by atoms with Crippen LogP contribution >= 0.6 is 0 Å². The summed E-state index contributed by atoms with van der Waals surface area (Å²) in [6.45, 7) is 1.98. The lowest BCUT2D eigenvalue weighted by Gasteiger charge is -2.13. The van der Waals surface area contributed by atoms with Gasteiger partial charge in [0.1, 0.15) is 5.75 Å². The molecule has 1 aliphatic rings. The molecule has 0 amide bonds. The van der Waals surface area contributed by atoms with E-state index in [1.54, 1.807) is 7.11 Å². The van der Waals surface area contributed by atoms with E-state index in [-0.39, 0.29) is 0 Å². The predicted molar refractivity (Wildman–Crippen MR) is 118 cm³/mol. The van der Waals surface area contributed by atoms with Crippen molar-refractivity contribution in [1.29, 1.82) is 0 Å². The van der Waals surface area contributed by atoms with E-state index in [1.165, 1.54) is 42.3 Å². The Morgan fingerprint density at radius 3 is 2.76 bits per heavy atom. The van der Waals surface area contributed by atoms with Crippen LogP contribution in [0.2, 0.25) is 0 Å². The molecule has 5 heteroatoms. The number of anilines is 2. The van der Waals surface area contributed by atoms with E-state index in [2.05, 4.69) is 51.7 Å². The molecule has 29 heavy (non-hydrogen) atoms. The fourth-order valence-corrected chi connectivity index (χ4v) is 4.42. The maximum absolute atomic E-state index is 5.65. The van der Waals surface area contributed by atoms with Crippen LogP contribution in [0.15, 0.2) is 55.0 Å². The quantitative estimate of drug-likeness (QED) is 0.437. The van der Waals surface area contributed by atoms with Gasteiger partial charge in [-0.25, -0.2) is 4.98 Å². The number of nitrogens with zero attached hydrogens (tertiary/aromatic N) is 2. The average Bonchev–Trinajstić information content (AvgIpc) is 3.48. The Labute approximate surface area is 170 Å². The normalized spacial score (nSPS) is 14.6. The van der Waals surface area contributed by atoms with E-state index in [0.717, 1.165) is 28.5 Å². The predicted octanol–water partition coefficient (Wildman–Crippen LogP) is 6.07. The van der Waals surface area contributed by atoms with E-state index in [9.17, 15) is 0 Å². The van der Waals surface area contributed by atoms with Crippen molar-refractivity contribution in [2.75, 3.05) is 12.4 Å². The fourth-order valence-electron chi connectivity index (χ4n) is 4.42. The highest BCUT2D eigenvalue weighted by molar-refractivity contribution is 5.94. The number of hydrogen-bond donors (Lipinski definition) is 2. The van der Waals surface area contributed by atoms with Gasteiger partial charge in [-0.3, -0.25) is 0 Å². The summed E-state index contributed by atoms with van der Waals surface area (Å²) >= 11 is 0. The second-order valence-corrected chi connectivity index (χ2v) is 7.91. The third-order valence-corrected chi connectivity index (χ3v) is 5.93. The number of benzene rings is 2. The van der Waals surface area contributed by atoms with Crippen LogP contribution in [0.4, 0.5) is 11.4 Å². The van der Waals surface area contributed by atoms with Gasteiger partial charge in [0.2, 0.25) is 0 Å². The van der Waals surface area contributed by atoms with Crippen LogP contribution in [0.1, 0.15) is 43.0 Å². The van der Waals surface area contributed by atoms with Crippen molar-refractivity contribution in [3.8, 4) is 11.4 Å². The van der Waals surface area contributed by atoms with Crippen LogP contribution in [0, 0.1) is 6.92 Å². The molecule has 2 heterocycles. The number of hydrogen-bond acceptors (Lipinski definition) is 3. The van der Waals surface area contributed by atoms with Crippen LogP contribution in [-0.4, -0.2) is 21.6 Å². The summed E-state index contributed by atoms with van der Waals surface area (Å²) in [4.78, 5) is 7.96. The molecule has 2 N–H and O–H groups in total. The molecule has 0 spiro atoms. The monoisotopic (exact) mass is 386 g/mol. The Hall–Kier alpha value is -3.21. The lowest BCUT2D eigenvalue weighted by atomic mass is 10.0. The summed E-state index contributed by atoms with van der Waals surface area (Å²) < 4.78 is 7.64. The highest BCUT2D eigenvalue weighted by Gasteiger charge is 2.19. The van der Waals surface area contributed by atoms with Gasteiger partial charge < -0.3 is 19.6 Å². The van der Waals surface area contributed by atoms with Crippen LogP contribution in [0.25, 0.3) is 16.6 Å². The minimum absolute atomic E-state index is 0.674. The zero-order chi connectivity index (χ0) is 19.8. The molecule has 4 aromatic rings. The van der Waals surface area contributed by atoms with Gasteiger partial charge >= 0.3 is 0 Å². The highest BCUT2D eigenvalue weighted by atomic mass is 16.5. The first-order chi connectivity index (χ1) is 14.2. The lowest BCUT2D eigenvalue weighted by Crippen LogP contribution is -1.98. The molecule has 0 atom stereocenters. The number of ether oxygens (including phenoxy) is 1. The molecule has 148 valence electrons. The third-order valence-electron chi connectivity index (χ3n) is 5.93. The number of rotatable bonds is 5. The highest BCUT2D eigenvalue weighted by Crippen LogP contribution is 2.37. The van der Waals surface area contributed by atoms with Crippen molar-refractivity contribution in [2.45, 2.75) is 38.5 Å². The molecule has 2 aromatic heterocycles. The van der Waals surface area contributed by atoms with Crippen LogP contribution in [0.3, 0.4) is 0 Å². The van der Waals surface area contributed by atoms with Crippen LogP contribution < -0.4 is 10.1 Å². The number of aromatic amines is 1. The molecule has 1 fully saturated rings. The number of aryl methyl sites for hydroxylation is 1. The van der Waals surface area contributed by atoms with E-state index >= 15 is 0 Å². The van der Waals surface area contributed by atoms with Gasteiger partial charge in [-0.1, -0.05) is 18.9 Å². The number of imidazole rings is 1. The maximum Gasteiger partial charge on any atom is 0.144 e. The van der Waals surface area contributed by atoms with Crippen LogP contribution in [-0.2, 0) is 0 Å². The summed E-state index contributed by atoms with van der Waals surface area (Å²) in [5.74, 6) is 1.48. The minimum atomic E-state index is 0.674. The van der Waals surface area contributed by atoms with Gasteiger partial charge in [0.25, 0.3) is 0 Å². The Kier molecular flexibility index (Phi) is 4.51. The first-order valence-corrected chi connectivity index (χ1v) is 10.3. The van der Waals surface area contributed by atoms with Gasteiger partial charge in [0.05, 0.1) is 24.8 Å². The molecule has 0 unspecified atom stereocenters. The molecule has 1 saturated carbocycles. The van der Waals surface area contributed by atoms with Crippen molar-refractivity contribution < 1.29 is 4.74 Å². The van der Waals surface area contributed by atoms with E-state index in [0.29, 0.717) is 5.92 Å². The SMILES string of the molecule is COc1cc(Nc2cccc3[nH]c(C4CCCC4)cc23)ccc1-n1cnc(C)c1. The molecular weight excluding hydrogens is 360 g/mol. The Morgan fingerprint density at radius 2 is 2.00 bits per heavy atom. The van der Waals surface area contributed by atoms with Gasteiger partial charge in [-0.15, -0.1) is 0 Å². The summed E-state index contributed by atoms with van der Waals surface area (Å²) in [6, 6.07) is 14.9. The van der Waals surface area contributed by atoms with E-state index in [1.807, 2.05) is 30.1 Å². The number of aromatic nitrogens is 3. The molecule has 2 aromatic carbocycles. The molecule has 5 nitrogen and oxygen atoms in total. The molecule has 0 saturated heterocycles. The zero-order valence-electron chi connectivity index (χ0n) is 16.9. The van der Waals surface area contributed by atoms with Gasteiger partial charge in [-0.2, -0.15) is 0 Å². The lowest BCUT2D eigenvalue weighted by molar-refractivity contribution is 0.413. The smallest absolute Gasteiger partial charge is 0.144 e. The Bertz CT molecular complexity index is 1150. The minimum Gasteiger partial charge on any atom is -0.494 e. The number of nitrogens with one attached hydrogen (secondary N) is 2. The second-order valence-electron chi connectivity index (χ2n) is 7.91. The first kappa shape index (κ1) is 17.9. The number of H-pyrrole nitrogens is 1. The first-order valence-electron chi connectivity index (χ1n) is 10.3. The second kappa shape index (κ2) is 7.32. The molecule has 1 aliphatic carbocycles. The van der Waals surface area contributed by atoms with Gasteiger partial charge in [0, 0.05) is 40.2 Å². The van der Waals surface area contributed by atoms with Crippen molar-refractivity contribution in [2.24, 2.45) is 0 Å². The number of fused-ring (bicyclic) bond motifs is 1. The summed E-state index contributed by atoms with van der Waals surface area (Å²) in [6.07, 6.45) is 9.08. The third kappa shape index (κ3) is 3.37. The van der Waals surface area contributed by atoms with E-state index < -0.39 is 0 Å². The van der Waals surface area contributed by atoms with Crippen molar-refractivity contribution >= 4 is 22.3 Å². The summed E-state index contributed by atoms with van der Waals surface area (Å²) in [7, 11) is 1.70. The largest absolute Gasteiger partial charge is 0.494 e. The Morgan fingerprint density at radius 1 is 1.14 bits per heavy atom. The number of methoxy groups -OCH3 is 1. The average molecular weight is 386 g/mol. The molecular formula is C24H26N4O. The van der Waals surface area contributed by atoms with Crippen molar-refractivity contribution in [3.05, 3.63) is 66.4 Å². The van der Waals surface area contributed by atoms with E-state index in [4.69, 9.17) is 4.74 Å². The maximum atomic E-state index is 5.65. The molecule has 0 aliphatic heterocycles. The van der Waals surface area contributed by atoms with Gasteiger partial charge in [0.15, 0.2) is 0 Å². The van der Waals surface area contributed by atoms with Crippen molar-refractivity contribution in [3.63, 3.8) is 0 Å². The Balaban J connectivity index is 1.47. The molecule has 0 bridgehead atoms. The van der Waals surface area contributed by atoms with Gasteiger partial charge in [-0.05, 0) is 56.0 Å². The summed E-state index contributed by atoms with van der Waals surface area (Å²) in [5.41, 5.74) is 6.62. The molecule has 5 rings (SSSR count). The van der Waals surface area contributed by atoms with Crippen molar-refractivity contribution in [1.82, 2.24) is 14.5 Å². The fraction of sp³-hybridized carbons (Fsp3) is 0.292. The zero-order valence-corrected chi connectivity index (χ0v) is 16.9. The topological polar surface area (TPSA) is 54.9 Å². The standard InChI is InChI=1S/C24H26N4O/c1-16-14-28(15-25-16)23-11-10-18(12-24(23)29-2)26-20-8-5-9-21-19(20)13-22(27-21)17-6-3-4-7-17/h5,8-15,17,26-27H,3-4,6-7H2,1-2H3.